The Balaban J connectivity index is 0.00000108. The second-order valence-electron chi connectivity index (χ2n) is 4.30. The zero-order valence-corrected chi connectivity index (χ0v) is 10.3. The lowest BCUT2D eigenvalue weighted by Crippen LogP contribution is -2.44. The van der Waals surface area contributed by atoms with Gasteiger partial charge in [-0.1, -0.05) is 0 Å². The van der Waals surface area contributed by atoms with Crippen molar-refractivity contribution in [3.63, 3.8) is 0 Å². The van der Waals surface area contributed by atoms with Crippen LogP contribution in [0.1, 0.15) is 21.8 Å². The van der Waals surface area contributed by atoms with Gasteiger partial charge in [0.2, 0.25) is 0 Å². The number of halogens is 1. The van der Waals surface area contributed by atoms with Crippen LogP contribution in [-0.4, -0.2) is 32.1 Å². The molecule has 0 radical (unpaired) electrons. The van der Waals surface area contributed by atoms with Gasteiger partial charge in [0.1, 0.15) is 5.75 Å². The van der Waals surface area contributed by atoms with Crippen LogP contribution in [0.2, 0.25) is 0 Å². The summed E-state index contributed by atoms with van der Waals surface area (Å²) in [6.07, 6.45) is 0. The molecule has 0 aliphatic carbocycles. The number of hydrogen-bond donors (Lipinski definition) is 2. The van der Waals surface area contributed by atoms with Gasteiger partial charge in [0.25, 0.3) is 5.91 Å². The van der Waals surface area contributed by atoms with Crippen LogP contribution in [0.15, 0.2) is 18.2 Å². The Morgan fingerprint density at radius 2 is 2.18 bits per heavy atom. The fraction of sp³-hybridized carbons (Fsp3) is 0.417. The van der Waals surface area contributed by atoms with Gasteiger partial charge in [-0.05, 0) is 23.8 Å². The number of nitrogens with one attached hydrogen (secondary N) is 2. The number of rotatable bonds is 1. The molecule has 2 aliphatic rings. The van der Waals surface area contributed by atoms with Crippen LogP contribution in [0.4, 0.5) is 0 Å². The molecule has 17 heavy (non-hydrogen) atoms. The van der Waals surface area contributed by atoms with Crippen molar-refractivity contribution in [2.24, 2.45) is 0 Å². The highest BCUT2D eigenvalue weighted by atomic mass is 35.5. The molecule has 92 valence electrons. The third-order valence-electron chi connectivity index (χ3n) is 3.43. The molecule has 1 saturated heterocycles. The van der Waals surface area contributed by atoms with Crippen molar-refractivity contribution in [1.29, 1.82) is 0 Å². The SMILES string of the molecule is COc1ccc2c(c1)[C@H]1CNC[C@@H]1NC2=O.Cl. The number of hydrogen-bond acceptors (Lipinski definition) is 3. The number of carbonyl (C=O) groups is 1. The van der Waals surface area contributed by atoms with Crippen molar-refractivity contribution in [2.45, 2.75) is 12.0 Å². The van der Waals surface area contributed by atoms with E-state index >= 15 is 0 Å². The molecule has 2 N–H and O–H groups in total. The minimum atomic E-state index is 0. The summed E-state index contributed by atoms with van der Waals surface area (Å²) >= 11 is 0. The first-order chi connectivity index (χ1) is 7.79. The molecule has 0 saturated carbocycles. The average molecular weight is 255 g/mol. The number of benzene rings is 1. The first-order valence-corrected chi connectivity index (χ1v) is 5.49. The summed E-state index contributed by atoms with van der Waals surface area (Å²) in [7, 11) is 1.65. The van der Waals surface area contributed by atoms with Crippen LogP contribution in [0.25, 0.3) is 0 Å². The zero-order chi connectivity index (χ0) is 11.1. The van der Waals surface area contributed by atoms with Crippen LogP contribution in [0.5, 0.6) is 5.75 Å². The maximum Gasteiger partial charge on any atom is 0.251 e. The number of ether oxygens (including phenoxy) is 1. The first-order valence-electron chi connectivity index (χ1n) is 5.49. The number of carbonyl (C=O) groups excluding carboxylic acids is 1. The molecule has 2 atom stereocenters. The minimum absolute atomic E-state index is 0. The molecule has 5 heteroatoms. The van der Waals surface area contributed by atoms with E-state index in [-0.39, 0.29) is 24.4 Å². The third kappa shape index (κ3) is 1.87. The molecule has 1 aromatic rings. The Kier molecular flexibility index (Phi) is 3.26. The molecule has 0 aromatic heterocycles. The van der Waals surface area contributed by atoms with Gasteiger partial charge >= 0.3 is 0 Å². The van der Waals surface area contributed by atoms with E-state index in [1.54, 1.807) is 7.11 Å². The van der Waals surface area contributed by atoms with Crippen molar-refractivity contribution >= 4 is 18.3 Å². The quantitative estimate of drug-likeness (QED) is 0.784. The van der Waals surface area contributed by atoms with Crippen LogP contribution in [-0.2, 0) is 0 Å². The predicted octanol–water partition coefficient (Wildman–Crippen LogP) is 0.916. The zero-order valence-electron chi connectivity index (χ0n) is 9.53. The van der Waals surface area contributed by atoms with Crippen molar-refractivity contribution in [3.8, 4) is 5.75 Å². The highest BCUT2D eigenvalue weighted by Crippen LogP contribution is 2.32. The van der Waals surface area contributed by atoms with Gasteiger partial charge in [-0.25, -0.2) is 0 Å². The molecule has 0 unspecified atom stereocenters. The van der Waals surface area contributed by atoms with E-state index < -0.39 is 0 Å². The lowest BCUT2D eigenvalue weighted by Gasteiger charge is -2.28. The number of amides is 1. The standard InChI is InChI=1S/C12H14N2O2.ClH/c1-16-7-2-3-8-9(4-7)10-5-13-6-11(10)14-12(8)15;/h2-4,10-11,13H,5-6H2,1H3,(H,14,15);1H/t10-,11+;/m1./s1. The summed E-state index contributed by atoms with van der Waals surface area (Å²) in [5, 5.41) is 6.34. The normalized spacial score (nSPS) is 25.4. The lowest BCUT2D eigenvalue weighted by atomic mass is 9.86. The van der Waals surface area contributed by atoms with Crippen LogP contribution >= 0.6 is 12.4 Å². The first kappa shape index (κ1) is 12.2. The predicted molar refractivity (Wildman–Crippen MR) is 67.1 cm³/mol. The Morgan fingerprint density at radius 1 is 1.35 bits per heavy atom. The average Bonchev–Trinajstić information content (AvgIpc) is 2.76. The molecule has 1 amide bonds. The summed E-state index contributed by atoms with van der Waals surface area (Å²) in [6.45, 7) is 1.78. The summed E-state index contributed by atoms with van der Waals surface area (Å²) in [5.74, 6) is 1.23. The highest BCUT2D eigenvalue weighted by Gasteiger charge is 2.36. The fourth-order valence-corrected chi connectivity index (χ4v) is 2.58. The number of methoxy groups -OCH3 is 1. The van der Waals surface area contributed by atoms with Gasteiger partial charge in [0.05, 0.1) is 7.11 Å². The molecule has 2 heterocycles. The molecule has 3 rings (SSSR count). The maximum absolute atomic E-state index is 11.8. The molecular weight excluding hydrogens is 240 g/mol. The van der Waals surface area contributed by atoms with Gasteiger partial charge in [-0.3, -0.25) is 4.79 Å². The largest absolute Gasteiger partial charge is 0.497 e. The summed E-state index contributed by atoms with van der Waals surface area (Å²) in [4.78, 5) is 11.8. The van der Waals surface area contributed by atoms with E-state index in [4.69, 9.17) is 4.74 Å². The molecule has 4 nitrogen and oxygen atoms in total. The van der Waals surface area contributed by atoms with Crippen molar-refractivity contribution in [1.82, 2.24) is 10.6 Å². The third-order valence-corrected chi connectivity index (χ3v) is 3.43. The van der Waals surface area contributed by atoms with Crippen LogP contribution < -0.4 is 15.4 Å². The van der Waals surface area contributed by atoms with Crippen molar-refractivity contribution in [2.75, 3.05) is 20.2 Å². The van der Waals surface area contributed by atoms with Crippen LogP contribution in [0.3, 0.4) is 0 Å². The summed E-state index contributed by atoms with van der Waals surface area (Å²) in [5.41, 5.74) is 1.89. The summed E-state index contributed by atoms with van der Waals surface area (Å²) in [6, 6.07) is 5.89. The monoisotopic (exact) mass is 254 g/mol. The van der Waals surface area contributed by atoms with Crippen molar-refractivity contribution < 1.29 is 9.53 Å². The molecule has 2 aliphatic heterocycles. The number of fused-ring (bicyclic) bond motifs is 3. The van der Waals surface area contributed by atoms with Gasteiger partial charge in [-0.15, -0.1) is 12.4 Å². The van der Waals surface area contributed by atoms with E-state index in [9.17, 15) is 4.79 Å². The van der Waals surface area contributed by atoms with E-state index in [1.807, 2.05) is 18.2 Å². The Bertz CT molecular complexity index is 450. The molecule has 1 fully saturated rings. The second kappa shape index (κ2) is 4.55. The van der Waals surface area contributed by atoms with E-state index in [1.165, 1.54) is 0 Å². The van der Waals surface area contributed by atoms with E-state index in [2.05, 4.69) is 10.6 Å². The van der Waals surface area contributed by atoms with Gasteiger partial charge in [0.15, 0.2) is 0 Å². The van der Waals surface area contributed by atoms with Crippen molar-refractivity contribution in [3.05, 3.63) is 29.3 Å². The second-order valence-corrected chi connectivity index (χ2v) is 4.30. The highest BCUT2D eigenvalue weighted by molar-refractivity contribution is 5.97. The smallest absolute Gasteiger partial charge is 0.251 e. The topological polar surface area (TPSA) is 50.4 Å². The molecule has 0 bridgehead atoms. The maximum atomic E-state index is 11.8. The van der Waals surface area contributed by atoms with Gasteiger partial charge < -0.3 is 15.4 Å². The minimum Gasteiger partial charge on any atom is -0.497 e. The Labute approximate surface area is 106 Å². The Morgan fingerprint density at radius 3 is 2.94 bits per heavy atom. The van der Waals surface area contributed by atoms with Crippen LogP contribution in [0, 0.1) is 0 Å². The molecule has 1 aromatic carbocycles. The fourth-order valence-electron chi connectivity index (χ4n) is 2.58. The summed E-state index contributed by atoms with van der Waals surface area (Å²) < 4.78 is 5.21. The Hall–Kier alpha value is -1.26. The lowest BCUT2D eigenvalue weighted by molar-refractivity contribution is 0.0924. The van der Waals surface area contributed by atoms with E-state index in [0.29, 0.717) is 5.92 Å². The van der Waals surface area contributed by atoms with Gasteiger partial charge in [0, 0.05) is 30.6 Å². The molecular formula is C12H15ClN2O2. The van der Waals surface area contributed by atoms with Gasteiger partial charge in [-0.2, -0.15) is 0 Å². The molecule has 0 spiro atoms. The van der Waals surface area contributed by atoms with E-state index in [0.717, 1.165) is 30.0 Å².